The Morgan fingerprint density at radius 3 is 2.39 bits per heavy atom. The molecule has 0 bridgehead atoms. The molecule has 0 amide bonds. The number of allylic oxidation sites excluding steroid dienone is 2. The summed E-state index contributed by atoms with van der Waals surface area (Å²) in [6, 6.07) is 13.7. The van der Waals surface area contributed by atoms with E-state index in [2.05, 4.69) is 28.1 Å². The molecule has 1 aliphatic carbocycles. The second-order valence-electron chi connectivity index (χ2n) is 9.76. The fraction of sp³-hybridized carbons (Fsp3) is 0.414. The van der Waals surface area contributed by atoms with Gasteiger partial charge >= 0.3 is 5.97 Å². The third kappa shape index (κ3) is 5.12. The molecule has 0 saturated carbocycles. The van der Waals surface area contributed by atoms with Gasteiger partial charge in [-0.3, -0.25) is 14.6 Å². The fourth-order valence-electron chi connectivity index (χ4n) is 5.11. The van der Waals surface area contributed by atoms with Gasteiger partial charge in [-0.15, -0.1) is 0 Å². The number of halogens is 1. The molecular formula is C29H32BrNO5. The third-order valence-electron chi connectivity index (χ3n) is 6.81. The van der Waals surface area contributed by atoms with E-state index in [0.717, 1.165) is 21.3 Å². The van der Waals surface area contributed by atoms with E-state index in [-0.39, 0.29) is 23.6 Å². The molecule has 2 aromatic rings. The Morgan fingerprint density at radius 1 is 1.08 bits per heavy atom. The number of Topliss-reactive ketones (excluding diaryl/α,β-unsaturated/α-hetero) is 1. The first-order chi connectivity index (χ1) is 17.2. The summed E-state index contributed by atoms with van der Waals surface area (Å²) in [5.41, 5.74) is 3.88. The summed E-state index contributed by atoms with van der Waals surface area (Å²) in [4.78, 5) is 32.1. The Labute approximate surface area is 220 Å². The average Bonchev–Trinajstić information content (AvgIpc) is 2.86. The van der Waals surface area contributed by atoms with E-state index in [1.807, 2.05) is 51.1 Å². The molecule has 7 heteroatoms. The maximum atomic E-state index is 13.8. The number of hydrogen-bond acceptors (Lipinski definition) is 6. The van der Waals surface area contributed by atoms with E-state index in [1.54, 1.807) is 14.2 Å². The first-order valence-corrected chi connectivity index (χ1v) is 13.0. The normalized spacial score (nSPS) is 21.7. The van der Waals surface area contributed by atoms with E-state index in [4.69, 9.17) is 19.2 Å². The smallest absolute Gasteiger partial charge is 0.315 e. The van der Waals surface area contributed by atoms with Crippen LogP contribution in [0, 0.1) is 11.8 Å². The number of carbonyl (C=O) groups excluding carboxylic acids is 2. The molecule has 0 N–H and O–H groups in total. The van der Waals surface area contributed by atoms with Crippen LogP contribution in [0.1, 0.15) is 56.6 Å². The minimum Gasteiger partial charge on any atom is -0.493 e. The molecule has 1 heterocycles. The molecule has 0 radical (unpaired) electrons. The number of hydrogen-bond donors (Lipinski definition) is 0. The standard InChI is InChI=1S/C29H32BrNO5/c1-16(2)15-36-29(33)26-17(3)31-22-11-19(18-9-7-6-8-10-18)12-23(32)28(22)27(26)20-13-24(34-4)25(35-5)14-21(20)30/h6-10,13-14,16,19,26-27H,11-12,15H2,1-5H3/t19-,26?,27-/m0/s1. The number of ketones is 1. The molecule has 3 atom stereocenters. The molecule has 1 unspecified atom stereocenters. The molecule has 2 aliphatic rings. The quantitative estimate of drug-likeness (QED) is 0.379. The Hall–Kier alpha value is -2.93. The van der Waals surface area contributed by atoms with Crippen LogP contribution in [-0.2, 0) is 14.3 Å². The highest BCUT2D eigenvalue weighted by molar-refractivity contribution is 9.10. The van der Waals surface area contributed by atoms with Crippen LogP contribution in [0.25, 0.3) is 0 Å². The minimum atomic E-state index is -0.714. The Morgan fingerprint density at radius 2 is 1.75 bits per heavy atom. The first kappa shape index (κ1) is 26.1. The van der Waals surface area contributed by atoms with Gasteiger partial charge in [0.15, 0.2) is 17.3 Å². The molecule has 190 valence electrons. The van der Waals surface area contributed by atoms with Gasteiger partial charge in [0.25, 0.3) is 0 Å². The summed E-state index contributed by atoms with van der Waals surface area (Å²) >= 11 is 3.67. The molecule has 0 aromatic heterocycles. The van der Waals surface area contributed by atoms with Crippen molar-refractivity contribution >= 4 is 33.4 Å². The van der Waals surface area contributed by atoms with Crippen molar-refractivity contribution in [1.82, 2.24) is 0 Å². The van der Waals surface area contributed by atoms with Crippen molar-refractivity contribution in [2.24, 2.45) is 16.8 Å². The minimum absolute atomic E-state index is 0.00898. The van der Waals surface area contributed by atoms with Crippen molar-refractivity contribution in [3.8, 4) is 11.5 Å². The van der Waals surface area contributed by atoms with E-state index in [1.165, 1.54) is 0 Å². The molecule has 0 spiro atoms. The molecular weight excluding hydrogens is 522 g/mol. The summed E-state index contributed by atoms with van der Waals surface area (Å²) in [6.07, 6.45) is 1.00. The summed E-state index contributed by atoms with van der Waals surface area (Å²) in [7, 11) is 3.14. The number of methoxy groups -OCH3 is 2. The highest BCUT2D eigenvalue weighted by Crippen LogP contribution is 2.49. The lowest BCUT2D eigenvalue weighted by Gasteiger charge is -2.37. The van der Waals surface area contributed by atoms with Crippen LogP contribution in [0.5, 0.6) is 11.5 Å². The van der Waals surface area contributed by atoms with Crippen molar-refractivity contribution in [1.29, 1.82) is 0 Å². The van der Waals surface area contributed by atoms with Gasteiger partial charge in [0, 0.05) is 33.8 Å². The second kappa shape index (κ2) is 11.0. The highest BCUT2D eigenvalue weighted by atomic mass is 79.9. The average molecular weight is 554 g/mol. The van der Waals surface area contributed by atoms with Crippen LogP contribution >= 0.6 is 15.9 Å². The van der Waals surface area contributed by atoms with E-state index in [0.29, 0.717) is 42.2 Å². The van der Waals surface area contributed by atoms with Gasteiger partial charge in [-0.1, -0.05) is 60.1 Å². The zero-order valence-corrected chi connectivity index (χ0v) is 22.9. The summed E-state index contributed by atoms with van der Waals surface area (Å²) < 4.78 is 17.4. The summed E-state index contributed by atoms with van der Waals surface area (Å²) in [5, 5.41) is 0. The summed E-state index contributed by atoms with van der Waals surface area (Å²) in [5.74, 6) is -0.299. The molecule has 0 saturated heterocycles. The molecule has 36 heavy (non-hydrogen) atoms. The monoisotopic (exact) mass is 553 g/mol. The van der Waals surface area contributed by atoms with E-state index in [9.17, 15) is 9.59 Å². The number of nitrogens with zero attached hydrogens (tertiary/aromatic N) is 1. The Bertz CT molecular complexity index is 1220. The van der Waals surface area contributed by atoms with Gasteiger partial charge in [0.1, 0.15) is 5.92 Å². The Kier molecular flexibility index (Phi) is 7.98. The Balaban J connectivity index is 1.85. The number of benzene rings is 2. The van der Waals surface area contributed by atoms with Crippen molar-refractivity contribution < 1.29 is 23.8 Å². The first-order valence-electron chi connectivity index (χ1n) is 12.2. The number of ether oxygens (including phenoxy) is 3. The topological polar surface area (TPSA) is 74.2 Å². The van der Waals surface area contributed by atoms with Gasteiger partial charge < -0.3 is 14.2 Å². The van der Waals surface area contributed by atoms with Gasteiger partial charge in [-0.25, -0.2) is 0 Å². The van der Waals surface area contributed by atoms with E-state index < -0.39 is 11.8 Å². The fourth-order valence-corrected chi connectivity index (χ4v) is 5.68. The van der Waals surface area contributed by atoms with Crippen molar-refractivity contribution in [2.45, 2.75) is 45.4 Å². The van der Waals surface area contributed by atoms with Crippen LogP contribution in [0.4, 0.5) is 0 Å². The van der Waals surface area contributed by atoms with Gasteiger partial charge in [-0.2, -0.15) is 0 Å². The third-order valence-corrected chi connectivity index (χ3v) is 7.50. The van der Waals surface area contributed by atoms with Gasteiger partial charge in [0.05, 0.1) is 20.8 Å². The largest absolute Gasteiger partial charge is 0.493 e. The lowest BCUT2D eigenvalue weighted by Crippen LogP contribution is -2.38. The van der Waals surface area contributed by atoms with Crippen LogP contribution < -0.4 is 9.47 Å². The molecule has 6 nitrogen and oxygen atoms in total. The van der Waals surface area contributed by atoms with Crippen molar-refractivity contribution in [3.05, 3.63) is 69.3 Å². The zero-order valence-electron chi connectivity index (χ0n) is 21.3. The zero-order chi connectivity index (χ0) is 26.0. The molecule has 2 aromatic carbocycles. The van der Waals surface area contributed by atoms with Crippen LogP contribution in [-0.4, -0.2) is 38.3 Å². The maximum Gasteiger partial charge on any atom is 0.315 e. The second-order valence-corrected chi connectivity index (χ2v) is 10.6. The number of carbonyl (C=O) groups is 2. The number of aliphatic imine (C=N–C) groups is 1. The predicted octanol–water partition coefficient (Wildman–Crippen LogP) is 6.24. The van der Waals surface area contributed by atoms with Crippen LogP contribution in [0.15, 0.2) is 63.2 Å². The summed E-state index contributed by atoms with van der Waals surface area (Å²) in [6.45, 7) is 6.14. The van der Waals surface area contributed by atoms with Crippen molar-refractivity contribution in [2.75, 3.05) is 20.8 Å². The van der Waals surface area contributed by atoms with Crippen LogP contribution in [0.2, 0.25) is 0 Å². The van der Waals surface area contributed by atoms with Crippen molar-refractivity contribution in [3.63, 3.8) is 0 Å². The lowest BCUT2D eigenvalue weighted by molar-refractivity contribution is -0.147. The highest BCUT2D eigenvalue weighted by Gasteiger charge is 2.45. The van der Waals surface area contributed by atoms with Gasteiger partial charge in [-0.05, 0) is 48.4 Å². The number of esters is 1. The predicted molar refractivity (Wildman–Crippen MR) is 143 cm³/mol. The number of rotatable bonds is 7. The van der Waals surface area contributed by atoms with E-state index >= 15 is 0 Å². The van der Waals surface area contributed by atoms with Gasteiger partial charge in [0.2, 0.25) is 0 Å². The molecule has 4 rings (SSSR count). The maximum absolute atomic E-state index is 13.8. The molecule has 0 fully saturated rings. The molecule has 1 aliphatic heterocycles. The lowest BCUT2D eigenvalue weighted by atomic mass is 9.69. The van der Waals surface area contributed by atoms with Crippen LogP contribution in [0.3, 0.4) is 0 Å². The SMILES string of the molecule is COc1cc(Br)c([C@@H]2C3=C(C[C@H](c4ccccc4)CC3=O)N=C(C)C2C(=O)OCC(C)C)cc1OC.